The molecule has 0 unspecified atom stereocenters. The molecule has 13 heavy (non-hydrogen) atoms. The Kier molecular flexibility index (Phi) is 2.94. The Hall–Kier alpha value is -1.01. The van der Waals surface area contributed by atoms with Gasteiger partial charge in [0, 0.05) is 6.54 Å². The van der Waals surface area contributed by atoms with Crippen LogP contribution in [0.2, 0.25) is 0 Å². The molecule has 0 atom stereocenters. The van der Waals surface area contributed by atoms with E-state index in [4.69, 9.17) is 5.73 Å². The van der Waals surface area contributed by atoms with E-state index in [1.54, 1.807) is 0 Å². The fourth-order valence-electron chi connectivity index (χ4n) is 0.975. The van der Waals surface area contributed by atoms with Gasteiger partial charge in [0.25, 0.3) is 5.69 Å². The number of nitrogens with zero attached hydrogens (tertiary/aromatic N) is 1. The number of nitro groups is 1. The summed E-state index contributed by atoms with van der Waals surface area (Å²) in [6, 6.07) is 2.42. The quantitative estimate of drug-likeness (QED) is 0.643. The highest BCUT2D eigenvalue weighted by molar-refractivity contribution is 9.10. The van der Waals surface area contributed by atoms with Crippen molar-refractivity contribution in [2.45, 2.75) is 6.54 Å². The Labute approximate surface area is 81.8 Å². The number of hydrogen-bond acceptors (Lipinski definition) is 3. The standard InChI is InChI=1S/C7H6BrFN2O2/c8-5-1-2-6(9)4(3-10)7(5)11(12)13/h1-2H,3,10H2. The highest BCUT2D eigenvalue weighted by atomic mass is 79.9. The van der Waals surface area contributed by atoms with Crippen molar-refractivity contribution in [1.29, 1.82) is 0 Å². The lowest BCUT2D eigenvalue weighted by Gasteiger charge is -2.02. The molecule has 0 amide bonds. The monoisotopic (exact) mass is 248 g/mol. The van der Waals surface area contributed by atoms with Crippen molar-refractivity contribution >= 4 is 21.6 Å². The van der Waals surface area contributed by atoms with Crippen LogP contribution in [0.3, 0.4) is 0 Å². The molecule has 4 nitrogen and oxygen atoms in total. The molecule has 0 heterocycles. The van der Waals surface area contributed by atoms with E-state index < -0.39 is 10.7 Å². The van der Waals surface area contributed by atoms with Crippen LogP contribution in [0.1, 0.15) is 5.56 Å². The van der Waals surface area contributed by atoms with Gasteiger partial charge in [0.2, 0.25) is 0 Å². The minimum absolute atomic E-state index is 0.0839. The van der Waals surface area contributed by atoms with Crippen molar-refractivity contribution in [2.75, 3.05) is 0 Å². The van der Waals surface area contributed by atoms with Gasteiger partial charge < -0.3 is 5.73 Å². The first-order chi connectivity index (χ1) is 6.07. The highest BCUT2D eigenvalue weighted by Gasteiger charge is 2.20. The summed E-state index contributed by atoms with van der Waals surface area (Å²) < 4.78 is 13.2. The van der Waals surface area contributed by atoms with Crippen molar-refractivity contribution in [1.82, 2.24) is 0 Å². The normalized spacial score (nSPS) is 10.1. The van der Waals surface area contributed by atoms with Crippen LogP contribution in [0.25, 0.3) is 0 Å². The van der Waals surface area contributed by atoms with Gasteiger partial charge in [-0.25, -0.2) is 4.39 Å². The molecule has 0 aliphatic rings. The Balaban J connectivity index is 3.43. The second-order valence-corrected chi connectivity index (χ2v) is 3.17. The summed E-state index contributed by atoms with van der Waals surface area (Å²) in [7, 11) is 0. The van der Waals surface area contributed by atoms with Crippen LogP contribution in [-0.4, -0.2) is 4.92 Å². The lowest BCUT2D eigenvalue weighted by atomic mass is 10.1. The molecule has 1 rings (SSSR count). The molecule has 70 valence electrons. The minimum atomic E-state index is -0.657. The van der Waals surface area contributed by atoms with Gasteiger partial charge in [-0.05, 0) is 28.1 Å². The Morgan fingerprint density at radius 2 is 2.23 bits per heavy atom. The molecular weight excluding hydrogens is 243 g/mol. The largest absolute Gasteiger partial charge is 0.326 e. The molecule has 0 spiro atoms. The first kappa shape index (κ1) is 10.1. The SMILES string of the molecule is NCc1c(F)ccc(Br)c1[N+](=O)[O-]. The highest BCUT2D eigenvalue weighted by Crippen LogP contribution is 2.30. The third kappa shape index (κ3) is 1.84. The molecule has 1 aromatic carbocycles. The van der Waals surface area contributed by atoms with Gasteiger partial charge in [0.15, 0.2) is 0 Å². The number of hydrogen-bond donors (Lipinski definition) is 1. The maximum atomic E-state index is 13.0. The van der Waals surface area contributed by atoms with Crippen molar-refractivity contribution in [3.8, 4) is 0 Å². The average Bonchev–Trinajstić information content (AvgIpc) is 2.07. The fraction of sp³-hybridized carbons (Fsp3) is 0.143. The molecular formula is C7H6BrFN2O2. The summed E-state index contributed by atoms with van der Waals surface area (Å²) in [4.78, 5) is 9.85. The fourth-order valence-corrected chi connectivity index (χ4v) is 1.49. The van der Waals surface area contributed by atoms with Crippen molar-refractivity contribution in [3.63, 3.8) is 0 Å². The van der Waals surface area contributed by atoms with Crippen LogP contribution in [0, 0.1) is 15.9 Å². The number of rotatable bonds is 2. The van der Waals surface area contributed by atoms with Crippen LogP contribution in [0.5, 0.6) is 0 Å². The van der Waals surface area contributed by atoms with E-state index in [2.05, 4.69) is 15.9 Å². The zero-order chi connectivity index (χ0) is 10.0. The molecule has 0 saturated carbocycles. The van der Waals surface area contributed by atoms with E-state index in [0.717, 1.165) is 6.07 Å². The predicted octanol–water partition coefficient (Wildman–Crippen LogP) is 1.96. The Morgan fingerprint density at radius 3 is 2.62 bits per heavy atom. The van der Waals surface area contributed by atoms with Gasteiger partial charge >= 0.3 is 0 Å². The lowest BCUT2D eigenvalue weighted by Crippen LogP contribution is -2.05. The van der Waals surface area contributed by atoms with Gasteiger partial charge in [-0.1, -0.05) is 0 Å². The number of benzene rings is 1. The van der Waals surface area contributed by atoms with E-state index in [1.165, 1.54) is 6.07 Å². The molecule has 0 radical (unpaired) electrons. The van der Waals surface area contributed by atoms with Gasteiger partial charge in [0.05, 0.1) is 15.0 Å². The molecule has 0 bridgehead atoms. The molecule has 0 aromatic heterocycles. The van der Waals surface area contributed by atoms with Gasteiger partial charge in [-0.2, -0.15) is 0 Å². The lowest BCUT2D eigenvalue weighted by molar-refractivity contribution is -0.386. The molecule has 0 aliphatic heterocycles. The summed E-state index contributed by atoms with van der Waals surface area (Å²) in [5.74, 6) is -0.655. The molecule has 1 aromatic rings. The number of nitrogens with two attached hydrogens (primary N) is 1. The topological polar surface area (TPSA) is 69.2 Å². The van der Waals surface area contributed by atoms with Crippen LogP contribution >= 0.6 is 15.9 Å². The predicted molar refractivity (Wildman–Crippen MR) is 48.6 cm³/mol. The second-order valence-electron chi connectivity index (χ2n) is 2.32. The maximum Gasteiger partial charge on any atom is 0.290 e. The average molecular weight is 249 g/mol. The zero-order valence-corrected chi connectivity index (χ0v) is 8.04. The van der Waals surface area contributed by atoms with Crippen LogP contribution in [-0.2, 0) is 6.54 Å². The first-order valence-electron chi connectivity index (χ1n) is 3.39. The summed E-state index contributed by atoms with van der Waals surface area (Å²) >= 11 is 2.96. The van der Waals surface area contributed by atoms with Crippen LogP contribution in [0.15, 0.2) is 16.6 Å². The van der Waals surface area contributed by atoms with E-state index in [-0.39, 0.29) is 22.3 Å². The maximum absolute atomic E-state index is 13.0. The van der Waals surface area contributed by atoms with Crippen LogP contribution in [0.4, 0.5) is 10.1 Å². The summed E-state index contributed by atoms with van der Waals surface area (Å²) in [5, 5.41) is 10.5. The minimum Gasteiger partial charge on any atom is -0.326 e. The molecule has 0 fully saturated rings. The van der Waals surface area contributed by atoms with Gasteiger partial charge in [-0.15, -0.1) is 0 Å². The molecule has 2 N–H and O–H groups in total. The smallest absolute Gasteiger partial charge is 0.290 e. The number of halogens is 2. The van der Waals surface area contributed by atoms with Gasteiger partial charge in [0.1, 0.15) is 5.82 Å². The van der Waals surface area contributed by atoms with Crippen molar-refractivity contribution in [2.24, 2.45) is 5.73 Å². The third-order valence-electron chi connectivity index (χ3n) is 1.56. The number of nitro benzene ring substituents is 1. The first-order valence-corrected chi connectivity index (χ1v) is 4.18. The zero-order valence-electron chi connectivity index (χ0n) is 6.46. The summed E-state index contributed by atoms with van der Waals surface area (Å²) in [6.07, 6.45) is 0. The van der Waals surface area contributed by atoms with Crippen molar-refractivity contribution < 1.29 is 9.31 Å². The van der Waals surface area contributed by atoms with E-state index >= 15 is 0 Å². The third-order valence-corrected chi connectivity index (χ3v) is 2.20. The molecule has 0 saturated heterocycles. The summed E-state index contributed by atoms with van der Waals surface area (Å²) in [6.45, 7) is -0.193. The van der Waals surface area contributed by atoms with Gasteiger partial charge in [-0.3, -0.25) is 10.1 Å². The van der Waals surface area contributed by atoms with E-state index in [1.807, 2.05) is 0 Å². The second kappa shape index (κ2) is 3.80. The Morgan fingerprint density at radius 1 is 1.62 bits per heavy atom. The molecule has 6 heteroatoms. The van der Waals surface area contributed by atoms with Crippen molar-refractivity contribution in [3.05, 3.63) is 38.1 Å². The van der Waals surface area contributed by atoms with E-state index in [0.29, 0.717) is 0 Å². The summed E-state index contributed by atoms with van der Waals surface area (Å²) in [5.41, 5.74) is 4.81. The van der Waals surface area contributed by atoms with E-state index in [9.17, 15) is 14.5 Å². The molecule has 0 aliphatic carbocycles. The Bertz CT molecular complexity index is 357. The van der Waals surface area contributed by atoms with Crippen LogP contribution < -0.4 is 5.73 Å².